The van der Waals surface area contributed by atoms with E-state index in [1.165, 1.54) is 0 Å². The Morgan fingerprint density at radius 3 is 2.90 bits per heavy atom. The lowest BCUT2D eigenvalue weighted by Crippen LogP contribution is -2.31. The number of carbonyl (C=O) groups is 1. The molecular formula is C22H22N6O3. The van der Waals surface area contributed by atoms with Crippen LogP contribution in [-0.2, 0) is 22.5 Å². The summed E-state index contributed by atoms with van der Waals surface area (Å²) >= 11 is 0. The highest BCUT2D eigenvalue weighted by Crippen LogP contribution is 2.34. The normalized spacial score (nSPS) is 16.4. The largest absolute Gasteiger partial charge is 0.466 e. The van der Waals surface area contributed by atoms with Crippen LogP contribution in [0.1, 0.15) is 31.2 Å². The molecule has 9 heteroatoms. The summed E-state index contributed by atoms with van der Waals surface area (Å²) in [5, 5.41) is 12.9. The number of carbonyl (C=O) groups excluding carboxylic acids is 1. The Hall–Kier alpha value is -3.75. The number of rotatable bonds is 6. The number of cyclic esters (lactones) is 1. The number of hydrogen-bond acceptors (Lipinski definition) is 8. The first kappa shape index (κ1) is 19.2. The second-order valence-electron chi connectivity index (χ2n) is 7.48. The van der Waals surface area contributed by atoms with E-state index in [0.717, 1.165) is 28.7 Å². The van der Waals surface area contributed by atoms with Crippen LogP contribution in [-0.4, -0.2) is 43.5 Å². The van der Waals surface area contributed by atoms with Crippen molar-refractivity contribution in [2.75, 3.05) is 11.9 Å². The minimum absolute atomic E-state index is 0.0534. The molecule has 0 saturated carbocycles. The number of aryl methyl sites for hydroxylation is 1. The van der Waals surface area contributed by atoms with Crippen molar-refractivity contribution in [1.29, 1.82) is 0 Å². The Bertz CT molecular complexity index is 1220. The molecule has 158 valence electrons. The van der Waals surface area contributed by atoms with Gasteiger partial charge >= 0.3 is 5.97 Å². The summed E-state index contributed by atoms with van der Waals surface area (Å²) in [6.45, 7) is 3.11. The van der Waals surface area contributed by atoms with E-state index in [-0.39, 0.29) is 12.0 Å². The number of fused-ring (bicyclic) bond motifs is 1. The lowest BCUT2D eigenvalue weighted by molar-refractivity contribution is -0.147. The SMILES string of the molecule is CCn1ncc2c(NC3CCOC(=O)C3)c(-c3nc(Cc4ccccc4)no3)cnc21. The quantitative estimate of drug-likeness (QED) is 0.476. The van der Waals surface area contributed by atoms with Crippen LogP contribution in [0.5, 0.6) is 0 Å². The summed E-state index contributed by atoms with van der Waals surface area (Å²) in [5.41, 5.74) is 3.34. The monoisotopic (exact) mass is 418 g/mol. The first-order chi connectivity index (χ1) is 15.2. The first-order valence-corrected chi connectivity index (χ1v) is 10.3. The molecule has 1 N–H and O–H groups in total. The Morgan fingerprint density at radius 1 is 1.23 bits per heavy atom. The van der Waals surface area contributed by atoms with Crippen molar-refractivity contribution < 1.29 is 14.1 Å². The van der Waals surface area contributed by atoms with Crippen molar-refractivity contribution in [3.8, 4) is 11.5 Å². The molecule has 5 rings (SSSR count). The van der Waals surface area contributed by atoms with Gasteiger partial charge in [0.05, 0.1) is 35.9 Å². The molecule has 4 heterocycles. The van der Waals surface area contributed by atoms with Gasteiger partial charge in [-0.05, 0) is 12.5 Å². The van der Waals surface area contributed by atoms with Crippen LogP contribution < -0.4 is 5.32 Å². The smallest absolute Gasteiger partial charge is 0.307 e. The molecule has 1 aromatic carbocycles. The average Bonchev–Trinajstić information content (AvgIpc) is 3.42. The fraction of sp³-hybridized carbons (Fsp3) is 0.318. The summed E-state index contributed by atoms with van der Waals surface area (Å²) in [6, 6.07) is 9.94. The molecule has 31 heavy (non-hydrogen) atoms. The Balaban J connectivity index is 1.52. The topological polar surface area (TPSA) is 108 Å². The zero-order chi connectivity index (χ0) is 21.2. The molecule has 0 spiro atoms. The molecule has 0 bridgehead atoms. The summed E-state index contributed by atoms with van der Waals surface area (Å²) in [7, 11) is 0. The van der Waals surface area contributed by atoms with E-state index in [0.29, 0.717) is 43.3 Å². The van der Waals surface area contributed by atoms with Gasteiger partial charge in [0.15, 0.2) is 11.5 Å². The summed E-state index contributed by atoms with van der Waals surface area (Å²) in [6.07, 6.45) is 5.10. The molecule has 0 amide bonds. The van der Waals surface area contributed by atoms with Crippen LogP contribution in [0, 0.1) is 0 Å². The first-order valence-electron chi connectivity index (χ1n) is 10.3. The number of esters is 1. The number of pyridine rings is 1. The predicted molar refractivity (Wildman–Crippen MR) is 113 cm³/mol. The highest BCUT2D eigenvalue weighted by molar-refractivity contribution is 5.96. The highest BCUT2D eigenvalue weighted by atomic mass is 16.5. The van der Waals surface area contributed by atoms with Crippen LogP contribution in [0.3, 0.4) is 0 Å². The van der Waals surface area contributed by atoms with Crippen LogP contribution in [0.15, 0.2) is 47.2 Å². The molecular weight excluding hydrogens is 396 g/mol. The van der Waals surface area contributed by atoms with Crippen molar-refractivity contribution in [2.45, 2.75) is 38.8 Å². The van der Waals surface area contributed by atoms with Gasteiger partial charge in [0.1, 0.15) is 0 Å². The summed E-state index contributed by atoms with van der Waals surface area (Å²) in [4.78, 5) is 21.0. The second-order valence-corrected chi connectivity index (χ2v) is 7.48. The fourth-order valence-corrected chi connectivity index (χ4v) is 3.79. The third-order valence-corrected chi connectivity index (χ3v) is 5.36. The van der Waals surface area contributed by atoms with E-state index in [1.54, 1.807) is 12.4 Å². The van der Waals surface area contributed by atoms with Gasteiger partial charge in [-0.1, -0.05) is 35.5 Å². The van der Waals surface area contributed by atoms with E-state index in [1.807, 2.05) is 41.9 Å². The number of ether oxygens (including phenoxy) is 1. The van der Waals surface area contributed by atoms with E-state index < -0.39 is 0 Å². The summed E-state index contributed by atoms with van der Waals surface area (Å²) < 4.78 is 12.5. The molecule has 1 atom stereocenters. The summed E-state index contributed by atoms with van der Waals surface area (Å²) in [5.74, 6) is 0.769. The third-order valence-electron chi connectivity index (χ3n) is 5.36. The zero-order valence-corrected chi connectivity index (χ0v) is 17.1. The van der Waals surface area contributed by atoms with Crippen LogP contribution in [0.2, 0.25) is 0 Å². The van der Waals surface area contributed by atoms with E-state index in [9.17, 15) is 4.79 Å². The molecule has 1 aliphatic rings. The molecule has 3 aromatic heterocycles. The van der Waals surface area contributed by atoms with Crippen molar-refractivity contribution in [1.82, 2.24) is 24.9 Å². The van der Waals surface area contributed by atoms with Crippen LogP contribution in [0.25, 0.3) is 22.5 Å². The Kier molecular flexibility index (Phi) is 5.07. The van der Waals surface area contributed by atoms with Gasteiger partial charge < -0.3 is 14.6 Å². The minimum Gasteiger partial charge on any atom is -0.466 e. The van der Waals surface area contributed by atoms with Gasteiger partial charge in [-0.3, -0.25) is 4.79 Å². The second kappa shape index (κ2) is 8.17. The van der Waals surface area contributed by atoms with Crippen LogP contribution >= 0.6 is 0 Å². The molecule has 1 aliphatic heterocycles. The van der Waals surface area contributed by atoms with Crippen molar-refractivity contribution in [3.05, 3.63) is 54.1 Å². The molecule has 0 radical (unpaired) electrons. The van der Waals surface area contributed by atoms with Gasteiger partial charge in [-0.2, -0.15) is 10.1 Å². The standard InChI is InChI=1S/C22H22N6O3/c1-2-28-21-16(13-24-28)20(25-15-8-9-30-19(29)11-15)17(12-23-21)22-26-18(27-31-22)10-14-6-4-3-5-7-14/h3-7,12-13,15H,2,8-11H2,1H3,(H,23,25). The maximum Gasteiger partial charge on any atom is 0.307 e. The van der Waals surface area contributed by atoms with Crippen molar-refractivity contribution >= 4 is 22.7 Å². The van der Waals surface area contributed by atoms with Gasteiger partial charge in [0.2, 0.25) is 0 Å². The Morgan fingerprint density at radius 2 is 2.10 bits per heavy atom. The van der Waals surface area contributed by atoms with Gasteiger partial charge in [0, 0.05) is 31.6 Å². The number of nitrogens with zero attached hydrogens (tertiary/aromatic N) is 5. The average molecular weight is 418 g/mol. The fourth-order valence-electron chi connectivity index (χ4n) is 3.79. The number of aromatic nitrogens is 5. The lowest BCUT2D eigenvalue weighted by Gasteiger charge is -2.24. The maximum absolute atomic E-state index is 11.8. The minimum atomic E-state index is -0.206. The van der Waals surface area contributed by atoms with Gasteiger partial charge in [-0.25, -0.2) is 9.67 Å². The van der Waals surface area contributed by atoms with Gasteiger partial charge in [-0.15, -0.1) is 0 Å². The molecule has 1 fully saturated rings. The van der Waals surface area contributed by atoms with E-state index in [4.69, 9.17) is 9.26 Å². The number of hydrogen-bond donors (Lipinski definition) is 1. The van der Waals surface area contributed by atoms with E-state index >= 15 is 0 Å². The number of nitrogens with one attached hydrogen (secondary N) is 1. The molecule has 1 saturated heterocycles. The maximum atomic E-state index is 11.8. The molecule has 4 aromatic rings. The highest BCUT2D eigenvalue weighted by Gasteiger charge is 2.25. The Labute approximate surface area is 178 Å². The third kappa shape index (κ3) is 3.86. The van der Waals surface area contributed by atoms with Gasteiger partial charge in [0.25, 0.3) is 5.89 Å². The number of benzene rings is 1. The zero-order valence-electron chi connectivity index (χ0n) is 17.1. The van der Waals surface area contributed by atoms with Crippen molar-refractivity contribution in [2.24, 2.45) is 0 Å². The molecule has 0 aliphatic carbocycles. The predicted octanol–water partition coefficient (Wildman–Crippen LogP) is 3.21. The van der Waals surface area contributed by atoms with E-state index in [2.05, 4.69) is 25.5 Å². The lowest BCUT2D eigenvalue weighted by atomic mass is 10.1. The van der Waals surface area contributed by atoms with Crippen LogP contribution in [0.4, 0.5) is 5.69 Å². The molecule has 1 unspecified atom stereocenters. The number of anilines is 1. The van der Waals surface area contributed by atoms with Crippen molar-refractivity contribution in [3.63, 3.8) is 0 Å². The molecule has 9 nitrogen and oxygen atoms in total.